The van der Waals surface area contributed by atoms with Crippen LogP contribution < -0.4 is 21.3 Å². The van der Waals surface area contributed by atoms with Crippen molar-refractivity contribution in [2.75, 3.05) is 25.1 Å². The van der Waals surface area contributed by atoms with Crippen molar-refractivity contribution in [1.82, 2.24) is 9.88 Å². The predicted octanol–water partition coefficient (Wildman–Crippen LogP) is 7.50. The van der Waals surface area contributed by atoms with E-state index in [0.717, 1.165) is 84.7 Å². The van der Waals surface area contributed by atoms with Crippen LogP contribution in [0, 0.1) is 0 Å². The highest BCUT2D eigenvalue weighted by Gasteiger charge is 2.27. The molecule has 1 saturated heterocycles. The van der Waals surface area contributed by atoms with E-state index < -0.39 is 0 Å². The van der Waals surface area contributed by atoms with Gasteiger partial charge in [-0.25, -0.2) is 0 Å². The molecule has 0 spiro atoms. The first-order valence-corrected chi connectivity index (χ1v) is 15.7. The molecule has 0 bridgehead atoms. The van der Waals surface area contributed by atoms with E-state index in [1.54, 1.807) is 0 Å². The van der Waals surface area contributed by atoms with Gasteiger partial charge in [0.25, 0.3) is 0 Å². The summed E-state index contributed by atoms with van der Waals surface area (Å²) < 4.78 is 7.87. The standard InChI is InChI=1S/C35H53N3O2/c1-27(2)19-14-11-9-7-6-8-10-12-16-25-40-26-17-13-15-24-36-32-21-18-20-31-29(4)38(30(5)34(31)32)33-23-22-28(3)37-35(33)39/h18,20-21,33,36H,1,3-17,19,22-26H2,2H3,(H,37,39). The Morgan fingerprint density at radius 2 is 1.55 bits per heavy atom. The number of hydrogen-bond donors (Lipinski definition) is 2. The fourth-order valence-electron chi connectivity index (χ4n) is 5.75. The van der Waals surface area contributed by atoms with Crippen LogP contribution in [0.2, 0.25) is 0 Å². The lowest BCUT2D eigenvalue weighted by molar-refractivity contribution is -0.124. The van der Waals surface area contributed by atoms with Gasteiger partial charge < -0.3 is 19.9 Å². The molecule has 1 unspecified atom stereocenters. The molecule has 5 nitrogen and oxygen atoms in total. The number of amides is 1. The molecule has 3 rings (SSSR count). The average Bonchev–Trinajstić information content (AvgIpc) is 3.18. The van der Waals surface area contributed by atoms with Gasteiger partial charge in [-0.3, -0.25) is 4.79 Å². The van der Waals surface area contributed by atoms with Crippen molar-refractivity contribution in [1.29, 1.82) is 0 Å². The maximum absolute atomic E-state index is 12.7. The Bertz CT molecular complexity index is 1210. The maximum Gasteiger partial charge on any atom is 0.247 e. The van der Waals surface area contributed by atoms with Crippen LogP contribution >= 0.6 is 0 Å². The Balaban J connectivity index is 1.26. The Morgan fingerprint density at radius 1 is 0.925 bits per heavy atom. The van der Waals surface area contributed by atoms with Crippen LogP contribution in [0.1, 0.15) is 109 Å². The third-order valence-electron chi connectivity index (χ3n) is 8.05. The minimum atomic E-state index is -0.294. The van der Waals surface area contributed by atoms with Gasteiger partial charge in [-0.1, -0.05) is 82.4 Å². The monoisotopic (exact) mass is 547 g/mol. The summed E-state index contributed by atoms with van der Waals surface area (Å²) in [5.74, 6) is -0.0286. The normalized spacial score (nSPS) is 15.5. The van der Waals surface area contributed by atoms with Gasteiger partial charge in [-0.2, -0.15) is 0 Å². The van der Waals surface area contributed by atoms with Crippen LogP contribution in [-0.4, -0.2) is 30.2 Å². The number of piperidine rings is 1. The average molecular weight is 548 g/mol. The van der Waals surface area contributed by atoms with Gasteiger partial charge in [0.1, 0.15) is 6.04 Å². The zero-order valence-corrected chi connectivity index (χ0v) is 25.1. The maximum atomic E-state index is 12.7. The highest BCUT2D eigenvalue weighted by atomic mass is 16.5. The van der Waals surface area contributed by atoms with Gasteiger partial charge in [-0.15, -0.1) is 6.58 Å². The molecule has 0 radical (unpaired) electrons. The van der Waals surface area contributed by atoms with Crippen LogP contribution in [0.3, 0.4) is 0 Å². The van der Waals surface area contributed by atoms with Crippen molar-refractivity contribution < 1.29 is 9.53 Å². The fraction of sp³-hybridized carbons (Fsp3) is 0.571. The molecule has 1 aromatic carbocycles. The topological polar surface area (TPSA) is 55.3 Å². The third-order valence-corrected chi connectivity index (χ3v) is 8.05. The van der Waals surface area contributed by atoms with Gasteiger partial charge in [0.05, 0.1) is 0 Å². The van der Waals surface area contributed by atoms with Gasteiger partial charge in [0.2, 0.25) is 5.91 Å². The summed E-state index contributed by atoms with van der Waals surface area (Å²) in [5.41, 5.74) is 3.16. The number of hydrogen-bond acceptors (Lipinski definition) is 3. The Morgan fingerprint density at radius 3 is 2.20 bits per heavy atom. The van der Waals surface area contributed by atoms with E-state index >= 15 is 0 Å². The first kappa shape index (κ1) is 31.7. The SMILES string of the molecule is C=C(C)CCCCCCCCCCCOCCCCCNc1cccc2c(=C)n(C3CCC(=C)NC3=O)c(=C)c12. The molecule has 220 valence electrons. The van der Waals surface area contributed by atoms with E-state index in [-0.39, 0.29) is 11.9 Å². The Labute approximate surface area is 242 Å². The van der Waals surface area contributed by atoms with E-state index in [1.165, 1.54) is 69.8 Å². The Hall–Kier alpha value is -2.79. The van der Waals surface area contributed by atoms with Gasteiger partial charge in [0, 0.05) is 52.6 Å². The first-order valence-electron chi connectivity index (χ1n) is 15.7. The van der Waals surface area contributed by atoms with Crippen molar-refractivity contribution in [2.24, 2.45) is 0 Å². The predicted molar refractivity (Wildman–Crippen MR) is 172 cm³/mol. The highest BCUT2D eigenvalue weighted by Crippen LogP contribution is 2.23. The molecule has 1 aromatic heterocycles. The number of carbonyl (C=O) groups excluding carboxylic acids is 1. The van der Waals surface area contributed by atoms with Crippen LogP contribution in [0.25, 0.3) is 23.9 Å². The molecule has 2 aromatic rings. The number of fused-ring (bicyclic) bond motifs is 1. The van der Waals surface area contributed by atoms with Crippen LogP contribution in [0.4, 0.5) is 5.69 Å². The molecule has 2 heterocycles. The largest absolute Gasteiger partial charge is 0.384 e. The molecule has 1 aliphatic heterocycles. The van der Waals surface area contributed by atoms with E-state index in [2.05, 4.69) is 56.0 Å². The number of nitrogens with zero attached hydrogens (tertiary/aromatic N) is 1. The van der Waals surface area contributed by atoms with Gasteiger partial charge in [0.15, 0.2) is 0 Å². The zero-order chi connectivity index (χ0) is 28.7. The van der Waals surface area contributed by atoms with Crippen LogP contribution in [0.5, 0.6) is 0 Å². The summed E-state index contributed by atoms with van der Waals surface area (Å²) >= 11 is 0. The number of nitrogens with one attached hydrogen (secondary N) is 2. The van der Waals surface area contributed by atoms with Crippen molar-refractivity contribution in [2.45, 2.75) is 109 Å². The van der Waals surface area contributed by atoms with Crippen molar-refractivity contribution in [3.05, 3.63) is 53.3 Å². The van der Waals surface area contributed by atoms with Crippen LogP contribution in [-0.2, 0) is 9.53 Å². The Kier molecular flexibility index (Phi) is 13.6. The molecule has 0 aliphatic carbocycles. The summed E-state index contributed by atoms with van der Waals surface area (Å²) in [6.45, 7) is 21.3. The zero-order valence-electron chi connectivity index (χ0n) is 25.1. The summed E-state index contributed by atoms with van der Waals surface area (Å²) in [5, 5.41) is 10.3. The smallest absolute Gasteiger partial charge is 0.247 e. The van der Waals surface area contributed by atoms with E-state index in [0.29, 0.717) is 0 Å². The molecule has 1 amide bonds. The molecule has 5 heteroatoms. The number of allylic oxidation sites excluding steroid dienone is 2. The number of anilines is 1. The lowest BCUT2D eigenvalue weighted by Crippen LogP contribution is -2.42. The number of rotatable bonds is 20. The summed E-state index contributed by atoms with van der Waals surface area (Å²) in [6.07, 6.45) is 18.0. The molecule has 1 aliphatic rings. The van der Waals surface area contributed by atoms with Crippen LogP contribution in [0.15, 0.2) is 42.6 Å². The molecule has 1 atom stereocenters. The molecule has 2 N–H and O–H groups in total. The second-order valence-corrected chi connectivity index (χ2v) is 11.6. The summed E-state index contributed by atoms with van der Waals surface area (Å²) in [7, 11) is 0. The second-order valence-electron chi connectivity index (χ2n) is 11.6. The summed E-state index contributed by atoms with van der Waals surface area (Å²) in [6, 6.07) is 5.92. The lowest BCUT2D eigenvalue weighted by Gasteiger charge is -2.25. The molecule has 0 saturated carbocycles. The summed E-state index contributed by atoms with van der Waals surface area (Å²) in [4.78, 5) is 12.7. The van der Waals surface area contributed by atoms with Gasteiger partial charge in [-0.05, 0) is 64.4 Å². The lowest BCUT2D eigenvalue weighted by atomic mass is 10.0. The van der Waals surface area contributed by atoms with Crippen molar-refractivity contribution >= 4 is 35.5 Å². The van der Waals surface area contributed by atoms with E-state index in [1.807, 2.05) is 10.6 Å². The number of carbonyl (C=O) groups is 1. The molecular weight excluding hydrogens is 494 g/mol. The van der Waals surface area contributed by atoms with Crippen molar-refractivity contribution in [3.8, 4) is 0 Å². The quantitative estimate of drug-likeness (QED) is 0.133. The third kappa shape index (κ3) is 9.69. The fourth-order valence-corrected chi connectivity index (χ4v) is 5.75. The first-order chi connectivity index (χ1) is 19.4. The minimum Gasteiger partial charge on any atom is -0.384 e. The molecule has 1 fully saturated rings. The number of unbranched alkanes of at least 4 members (excludes halogenated alkanes) is 10. The number of ether oxygens (including phenoxy) is 1. The second kappa shape index (κ2) is 17.1. The minimum absolute atomic E-state index is 0.0286. The van der Waals surface area contributed by atoms with Gasteiger partial charge >= 0.3 is 0 Å². The number of aromatic nitrogens is 1. The van der Waals surface area contributed by atoms with Crippen molar-refractivity contribution in [3.63, 3.8) is 0 Å². The van der Waals surface area contributed by atoms with E-state index in [4.69, 9.17) is 4.74 Å². The van der Waals surface area contributed by atoms with E-state index in [9.17, 15) is 4.79 Å². The number of benzene rings is 1. The molecule has 40 heavy (non-hydrogen) atoms. The highest BCUT2D eigenvalue weighted by molar-refractivity contribution is 5.95. The molecular formula is C35H53N3O2.